The second-order valence-electron chi connectivity index (χ2n) is 2.72. The number of halogens is 4. The molecule has 17 heavy (non-hydrogen) atoms. The smallest absolute Gasteiger partial charge is 0.397 e. The summed E-state index contributed by atoms with van der Waals surface area (Å²) in [5.74, 6) is -0.985. The van der Waals surface area contributed by atoms with Crippen LogP contribution in [0.3, 0.4) is 0 Å². The Morgan fingerprint density at radius 1 is 1.47 bits per heavy atom. The molecule has 90 valence electrons. The van der Waals surface area contributed by atoms with Crippen LogP contribution in [0.15, 0.2) is 16.6 Å². The van der Waals surface area contributed by atoms with E-state index in [1.54, 1.807) is 6.07 Å². The third kappa shape index (κ3) is 3.32. The summed E-state index contributed by atoms with van der Waals surface area (Å²) in [6.07, 6.45) is -5.05. The molecule has 0 aliphatic heterocycles. The van der Waals surface area contributed by atoms with Crippen molar-refractivity contribution in [3.8, 4) is 11.8 Å². The highest BCUT2D eigenvalue weighted by Gasteiger charge is 2.36. The summed E-state index contributed by atoms with van der Waals surface area (Å²) in [5, 5.41) is 19.1. The quantitative estimate of drug-likeness (QED) is 0.621. The molecule has 1 aromatic rings. The van der Waals surface area contributed by atoms with E-state index in [1.165, 1.54) is 0 Å². The van der Waals surface area contributed by atoms with E-state index in [4.69, 9.17) is 5.26 Å². The third-order valence-electron chi connectivity index (χ3n) is 1.57. The third-order valence-corrected chi connectivity index (χ3v) is 2.16. The van der Waals surface area contributed by atoms with Crippen LogP contribution in [-0.4, -0.2) is 11.3 Å². The summed E-state index contributed by atoms with van der Waals surface area (Å²) in [4.78, 5) is 9.49. The first-order valence-electron chi connectivity index (χ1n) is 3.88. The first-order valence-corrected chi connectivity index (χ1v) is 4.67. The lowest BCUT2D eigenvalue weighted by Gasteiger charge is -2.10. The Kier molecular flexibility index (Phi) is 3.57. The van der Waals surface area contributed by atoms with E-state index >= 15 is 0 Å². The minimum atomic E-state index is -5.05. The Labute approximate surface area is 101 Å². The van der Waals surface area contributed by atoms with E-state index in [2.05, 4.69) is 20.7 Å². The number of rotatable bonds is 2. The lowest BCUT2D eigenvalue weighted by molar-refractivity contribution is -0.388. The Bertz CT molecular complexity index is 510. The number of hydrogen-bond acceptors (Lipinski definition) is 4. The maximum absolute atomic E-state index is 12.0. The van der Waals surface area contributed by atoms with Crippen molar-refractivity contribution in [1.82, 2.24) is 0 Å². The van der Waals surface area contributed by atoms with Crippen molar-refractivity contribution in [2.24, 2.45) is 0 Å². The van der Waals surface area contributed by atoms with E-state index in [1.807, 2.05) is 0 Å². The molecule has 0 spiro atoms. The first-order chi connectivity index (χ1) is 7.74. The number of alkyl halides is 3. The molecule has 0 N–H and O–H groups in total. The van der Waals surface area contributed by atoms with Crippen LogP contribution in [0.2, 0.25) is 0 Å². The number of nitrogens with zero attached hydrogens (tertiary/aromatic N) is 2. The van der Waals surface area contributed by atoms with Gasteiger partial charge in [0.25, 0.3) is 0 Å². The average Bonchev–Trinajstić information content (AvgIpc) is 2.18. The molecule has 5 nitrogen and oxygen atoms in total. The van der Waals surface area contributed by atoms with Crippen molar-refractivity contribution in [1.29, 1.82) is 5.26 Å². The van der Waals surface area contributed by atoms with Crippen LogP contribution < -0.4 is 4.74 Å². The van der Waals surface area contributed by atoms with Crippen molar-refractivity contribution in [3.63, 3.8) is 0 Å². The first kappa shape index (κ1) is 13.2. The Hall–Kier alpha value is -1.82. The number of benzene rings is 1. The maximum Gasteiger partial charge on any atom is 0.573 e. The highest BCUT2D eigenvalue weighted by Crippen LogP contribution is 2.39. The fourth-order valence-corrected chi connectivity index (χ4v) is 1.53. The van der Waals surface area contributed by atoms with Crippen LogP contribution in [0.25, 0.3) is 0 Å². The molecule has 1 rings (SSSR count). The van der Waals surface area contributed by atoms with Crippen molar-refractivity contribution >= 4 is 21.6 Å². The van der Waals surface area contributed by atoms with Gasteiger partial charge in [-0.2, -0.15) is 5.26 Å². The van der Waals surface area contributed by atoms with Crippen LogP contribution in [0, 0.1) is 21.4 Å². The number of hydrogen-bond donors (Lipinski definition) is 0. The zero-order chi connectivity index (χ0) is 13.2. The number of nitro groups is 1. The van der Waals surface area contributed by atoms with Crippen molar-refractivity contribution in [2.75, 3.05) is 0 Å². The van der Waals surface area contributed by atoms with Crippen LogP contribution >= 0.6 is 15.9 Å². The summed E-state index contributed by atoms with van der Waals surface area (Å²) < 4.78 is 39.3. The van der Waals surface area contributed by atoms with Gasteiger partial charge in [0.15, 0.2) is 0 Å². The Morgan fingerprint density at radius 3 is 2.47 bits per heavy atom. The lowest BCUT2D eigenvalue weighted by atomic mass is 10.2. The normalized spacial score (nSPS) is 10.8. The average molecular weight is 311 g/mol. The van der Waals surface area contributed by atoms with Crippen LogP contribution in [0.5, 0.6) is 5.75 Å². The molecule has 1 aromatic carbocycles. The summed E-state index contributed by atoms with van der Waals surface area (Å²) in [7, 11) is 0. The van der Waals surface area contributed by atoms with Crippen LogP contribution in [0.4, 0.5) is 18.9 Å². The van der Waals surface area contributed by atoms with Gasteiger partial charge in [-0.1, -0.05) is 0 Å². The summed E-state index contributed by atoms with van der Waals surface area (Å²) in [6.45, 7) is 0. The van der Waals surface area contributed by atoms with E-state index < -0.39 is 22.7 Å². The van der Waals surface area contributed by atoms with Gasteiger partial charge < -0.3 is 4.74 Å². The molecule has 0 saturated heterocycles. The molecule has 0 aliphatic carbocycles. The maximum atomic E-state index is 12.0. The van der Waals surface area contributed by atoms with Crippen molar-refractivity contribution in [3.05, 3.63) is 32.3 Å². The number of nitriles is 1. The lowest BCUT2D eigenvalue weighted by Crippen LogP contribution is -2.18. The van der Waals surface area contributed by atoms with Gasteiger partial charge in [0.1, 0.15) is 0 Å². The van der Waals surface area contributed by atoms with Gasteiger partial charge in [0.2, 0.25) is 5.75 Å². The zero-order valence-electron chi connectivity index (χ0n) is 7.79. The molecule has 0 amide bonds. The molecular weight excluding hydrogens is 309 g/mol. The van der Waals surface area contributed by atoms with E-state index in [9.17, 15) is 23.3 Å². The number of ether oxygens (including phenoxy) is 1. The molecule has 0 saturated carbocycles. The minimum Gasteiger partial charge on any atom is -0.397 e. The van der Waals surface area contributed by atoms with E-state index in [-0.39, 0.29) is 10.0 Å². The molecule has 0 heterocycles. The van der Waals surface area contributed by atoms with Gasteiger partial charge in [0.05, 0.1) is 21.0 Å². The fourth-order valence-electron chi connectivity index (χ4n) is 0.996. The molecule has 9 heteroatoms. The largest absolute Gasteiger partial charge is 0.573 e. The molecule has 0 aromatic heterocycles. The van der Waals surface area contributed by atoms with Gasteiger partial charge >= 0.3 is 12.0 Å². The summed E-state index contributed by atoms with van der Waals surface area (Å²) in [6, 6.07) is 3.28. The highest BCUT2D eigenvalue weighted by atomic mass is 79.9. The monoisotopic (exact) mass is 310 g/mol. The predicted octanol–water partition coefficient (Wildman–Crippen LogP) is 3.13. The van der Waals surface area contributed by atoms with Crippen molar-refractivity contribution < 1.29 is 22.8 Å². The minimum absolute atomic E-state index is 0.155. The Morgan fingerprint density at radius 2 is 2.06 bits per heavy atom. The van der Waals surface area contributed by atoms with Crippen molar-refractivity contribution in [2.45, 2.75) is 6.36 Å². The molecule has 0 unspecified atom stereocenters. The van der Waals surface area contributed by atoms with Gasteiger partial charge in [-0.25, -0.2) is 0 Å². The van der Waals surface area contributed by atoms with E-state index in [0.717, 1.165) is 6.07 Å². The van der Waals surface area contributed by atoms with Gasteiger partial charge in [-0.15, -0.1) is 13.2 Å². The van der Waals surface area contributed by atoms with Gasteiger partial charge in [-0.3, -0.25) is 10.1 Å². The second kappa shape index (κ2) is 4.58. The van der Waals surface area contributed by atoms with Crippen LogP contribution in [0.1, 0.15) is 5.56 Å². The van der Waals surface area contributed by atoms with E-state index in [0.29, 0.717) is 6.07 Å². The summed E-state index contributed by atoms with van der Waals surface area (Å²) >= 11 is 2.68. The molecule has 0 atom stereocenters. The molecule has 0 bridgehead atoms. The highest BCUT2D eigenvalue weighted by molar-refractivity contribution is 9.10. The standard InChI is InChI=1S/C8H2BrF3N2O3/c9-5-1-4(3-13)2-6(14(15)16)7(5)17-8(10,11)12/h1-2H. The topological polar surface area (TPSA) is 76.2 Å². The van der Waals surface area contributed by atoms with Gasteiger partial charge in [0, 0.05) is 6.07 Å². The van der Waals surface area contributed by atoms with Crippen LogP contribution in [-0.2, 0) is 0 Å². The zero-order valence-corrected chi connectivity index (χ0v) is 9.37. The summed E-state index contributed by atoms with van der Waals surface area (Å²) in [5.41, 5.74) is -1.09. The molecule has 0 radical (unpaired) electrons. The SMILES string of the molecule is N#Cc1cc(Br)c(OC(F)(F)F)c([N+](=O)[O-])c1. The van der Waals surface area contributed by atoms with Gasteiger partial charge in [-0.05, 0) is 22.0 Å². The molecule has 0 fully saturated rings. The Balaban J connectivity index is 3.38. The molecular formula is C8H2BrF3N2O3. The number of nitro benzene ring substituents is 1. The second-order valence-corrected chi connectivity index (χ2v) is 3.58. The fraction of sp³-hybridized carbons (Fsp3) is 0.125. The molecule has 0 aliphatic rings. The predicted molar refractivity (Wildman–Crippen MR) is 52.2 cm³/mol.